The summed E-state index contributed by atoms with van der Waals surface area (Å²) in [6, 6.07) is 4.17. The number of benzene rings is 1. The molecule has 0 spiro atoms. The number of nitrogens with zero attached hydrogens (tertiary/aromatic N) is 2. The van der Waals surface area contributed by atoms with E-state index in [1.54, 1.807) is 23.2 Å². The lowest BCUT2D eigenvalue weighted by Crippen LogP contribution is -2.24. The summed E-state index contributed by atoms with van der Waals surface area (Å²) in [5.41, 5.74) is 3.39. The molecule has 6 heteroatoms. The number of anilines is 1. The predicted molar refractivity (Wildman–Crippen MR) is 92.7 cm³/mol. The minimum absolute atomic E-state index is 0.108. The van der Waals surface area contributed by atoms with Crippen LogP contribution in [0.5, 0.6) is 0 Å². The predicted octanol–water partition coefficient (Wildman–Crippen LogP) is 3.55. The van der Waals surface area contributed by atoms with Crippen molar-refractivity contribution in [1.29, 1.82) is 0 Å². The van der Waals surface area contributed by atoms with Gasteiger partial charge in [-0.2, -0.15) is 0 Å². The fraction of sp³-hybridized carbons (Fsp3) is 0.438. The minimum Gasteiger partial charge on any atom is -0.288 e. The Labute approximate surface area is 137 Å². The summed E-state index contributed by atoms with van der Waals surface area (Å²) in [4.78, 5) is 29.8. The Bertz CT molecular complexity index is 754. The number of hydrogen-bond acceptors (Lipinski definition) is 5. The number of hydrogen-bond donors (Lipinski definition) is 0. The molecule has 1 aromatic carbocycles. The summed E-state index contributed by atoms with van der Waals surface area (Å²) in [6.45, 7) is 6.37. The second-order valence-electron chi connectivity index (χ2n) is 5.73. The molecule has 1 amide bonds. The molecule has 1 fully saturated rings. The standard InChI is InChI=1S/C16H18N2O2S2/c1-9-4-5-13-15(10(9)2)17-16(22-13)18-7-12(6-14(18)20)8-21-11(3)19/h4-5,12H,6-8H2,1-3H3. The van der Waals surface area contributed by atoms with E-state index in [9.17, 15) is 9.59 Å². The van der Waals surface area contributed by atoms with Gasteiger partial charge in [0, 0.05) is 25.6 Å². The van der Waals surface area contributed by atoms with Gasteiger partial charge in [-0.05, 0) is 37.0 Å². The third-order valence-corrected chi connectivity index (χ3v) is 6.12. The highest BCUT2D eigenvalue weighted by molar-refractivity contribution is 8.13. The van der Waals surface area contributed by atoms with E-state index in [2.05, 4.69) is 31.0 Å². The van der Waals surface area contributed by atoms with Crippen molar-refractivity contribution < 1.29 is 9.59 Å². The van der Waals surface area contributed by atoms with Crippen molar-refractivity contribution in [3.05, 3.63) is 23.3 Å². The van der Waals surface area contributed by atoms with Crippen molar-refractivity contribution in [2.24, 2.45) is 5.92 Å². The third-order valence-electron chi connectivity index (χ3n) is 4.03. The Morgan fingerprint density at radius 3 is 2.95 bits per heavy atom. The van der Waals surface area contributed by atoms with Crippen LogP contribution in [-0.2, 0) is 9.59 Å². The first kappa shape index (κ1) is 15.5. The third kappa shape index (κ3) is 2.90. The van der Waals surface area contributed by atoms with Crippen LogP contribution in [0, 0.1) is 19.8 Å². The van der Waals surface area contributed by atoms with Crippen LogP contribution in [0.3, 0.4) is 0 Å². The molecule has 1 aliphatic rings. The van der Waals surface area contributed by atoms with Gasteiger partial charge in [0.2, 0.25) is 5.91 Å². The molecule has 22 heavy (non-hydrogen) atoms. The van der Waals surface area contributed by atoms with Gasteiger partial charge in [0.15, 0.2) is 10.2 Å². The molecular weight excluding hydrogens is 316 g/mol. The van der Waals surface area contributed by atoms with Crippen molar-refractivity contribution in [2.45, 2.75) is 27.2 Å². The highest BCUT2D eigenvalue weighted by atomic mass is 32.2. The molecule has 1 aliphatic heterocycles. The van der Waals surface area contributed by atoms with Crippen LogP contribution in [0.15, 0.2) is 12.1 Å². The van der Waals surface area contributed by atoms with Crippen LogP contribution >= 0.6 is 23.1 Å². The van der Waals surface area contributed by atoms with Gasteiger partial charge in [0.25, 0.3) is 0 Å². The monoisotopic (exact) mass is 334 g/mol. The van der Waals surface area contributed by atoms with E-state index in [0.717, 1.165) is 15.3 Å². The maximum absolute atomic E-state index is 12.3. The summed E-state index contributed by atoms with van der Waals surface area (Å²) >= 11 is 2.87. The highest BCUT2D eigenvalue weighted by Crippen LogP contribution is 2.35. The molecule has 1 atom stereocenters. The van der Waals surface area contributed by atoms with Crippen molar-refractivity contribution in [3.63, 3.8) is 0 Å². The summed E-state index contributed by atoms with van der Waals surface area (Å²) in [7, 11) is 0. The molecule has 2 heterocycles. The first-order valence-electron chi connectivity index (χ1n) is 7.26. The van der Waals surface area contributed by atoms with Crippen molar-refractivity contribution >= 4 is 49.5 Å². The van der Waals surface area contributed by atoms with E-state index in [1.807, 2.05) is 0 Å². The van der Waals surface area contributed by atoms with Crippen LogP contribution < -0.4 is 4.90 Å². The fourth-order valence-corrected chi connectivity index (χ4v) is 4.39. The van der Waals surface area contributed by atoms with Gasteiger partial charge in [-0.1, -0.05) is 29.2 Å². The van der Waals surface area contributed by atoms with Crippen molar-refractivity contribution in [1.82, 2.24) is 4.98 Å². The first-order valence-corrected chi connectivity index (χ1v) is 9.06. The van der Waals surface area contributed by atoms with Gasteiger partial charge in [0.05, 0.1) is 10.2 Å². The number of fused-ring (bicyclic) bond motifs is 1. The lowest BCUT2D eigenvalue weighted by Gasteiger charge is -2.12. The average molecular weight is 334 g/mol. The quantitative estimate of drug-likeness (QED) is 0.861. The second kappa shape index (κ2) is 6.01. The number of carbonyl (C=O) groups is 2. The molecule has 0 saturated carbocycles. The number of amides is 1. The molecule has 2 aromatic rings. The lowest BCUT2D eigenvalue weighted by molar-refractivity contribution is -0.117. The Morgan fingerprint density at radius 1 is 1.45 bits per heavy atom. The molecule has 0 bridgehead atoms. The normalized spacial score (nSPS) is 18.4. The molecule has 0 N–H and O–H groups in total. The number of rotatable bonds is 3. The van der Waals surface area contributed by atoms with E-state index >= 15 is 0 Å². The SMILES string of the molecule is CC(=O)SCC1CC(=O)N(c2nc3c(C)c(C)ccc3s2)C1. The summed E-state index contributed by atoms with van der Waals surface area (Å²) < 4.78 is 1.12. The molecule has 1 unspecified atom stereocenters. The number of thiazole rings is 1. The molecule has 1 saturated heterocycles. The van der Waals surface area contributed by atoms with Gasteiger partial charge < -0.3 is 0 Å². The van der Waals surface area contributed by atoms with E-state index < -0.39 is 0 Å². The molecule has 3 rings (SSSR count). The fourth-order valence-electron chi connectivity index (χ4n) is 2.64. The summed E-state index contributed by atoms with van der Waals surface area (Å²) in [6.07, 6.45) is 0.508. The number of aryl methyl sites for hydroxylation is 2. The minimum atomic E-state index is 0.108. The first-order chi connectivity index (χ1) is 10.5. The maximum Gasteiger partial charge on any atom is 0.229 e. The van der Waals surface area contributed by atoms with Gasteiger partial charge in [-0.25, -0.2) is 4.98 Å². The van der Waals surface area contributed by atoms with Gasteiger partial charge >= 0.3 is 0 Å². The maximum atomic E-state index is 12.3. The molecule has 4 nitrogen and oxygen atoms in total. The Hall–Kier alpha value is -1.40. The Balaban J connectivity index is 1.83. The summed E-state index contributed by atoms with van der Waals surface area (Å²) in [5.74, 6) is 1.06. The zero-order valence-corrected chi connectivity index (χ0v) is 14.5. The van der Waals surface area contributed by atoms with E-state index in [0.29, 0.717) is 18.7 Å². The summed E-state index contributed by atoms with van der Waals surface area (Å²) in [5, 5.41) is 0.890. The molecule has 0 radical (unpaired) electrons. The number of thioether (sulfide) groups is 1. The number of aromatic nitrogens is 1. The molecule has 116 valence electrons. The van der Waals surface area contributed by atoms with Crippen molar-refractivity contribution in [2.75, 3.05) is 17.2 Å². The van der Waals surface area contributed by atoms with Gasteiger partial charge in [-0.15, -0.1) is 0 Å². The zero-order chi connectivity index (χ0) is 15.9. The Morgan fingerprint density at radius 2 is 2.23 bits per heavy atom. The van der Waals surface area contributed by atoms with E-state index in [1.165, 1.54) is 22.9 Å². The zero-order valence-electron chi connectivity index (χ0n) is 12.9. The largest absolute Gasteiger partial charge is 0.288 e. The van der Waals surface area contributed by atoms with Gasteiger partial charge in [-0.3, -0.25) is 14.5 Å². The molecule has 0 aliphatic carbocycles. The lowest BCUT2D eigenvalue weighted by atomic mass is 10.1. The van der Waals surface area contributed by atoms with Crippen LogP contribution in [0.1, 0.15) is 24.5 Å². The van der Waals surface area contributed by atoms with Crippen molar-refractivity contribution in [3.8, 4) is 0 Å². The number of carbonyl (C=O) groups excluding carboxylic acids is 2. The van der Waals surface area contributed by atoms with Crippen LogP contribution in [0.25, 0.3) is 10.2 Å². The molecule has 1 aromatic heterocycles. The smallest absolute Gasteiger partial charge is 0.229 e. The van der Waals surface area contributed by atoms with E-state index in [4.69, 9.17) is 0 Å². The highest BCUT2D eigenvalue weighted by Gasteiger charge is 2.32. The molecular formula is C16H18N2O2S2. The average Bonchev–Trinajstić information content (AvgIpc) is 3.04. The van der Waals surface area contributed by atoms with Crippen LogP contribution in [0.2, 0.25) is 0 Å². The second-order valence-corrected chi connectivity index (χ2v) is 7.93. The Kier molecular flexibility index (Phi) is 4.23. The topological polar surface area (TPSA) is 50.3 Å². The van der Waals surface area contributed by atoms with Crippen LogP contribution in [-0.4, -0.2) is 28.3 Å². The van der Waals surface area contributed by atoms with E-state index in [-0.39, 0.29) is 16.9 Å². The van der Waals surface area contributed by atoms with Crippen LogP contribution in [0.4, 0.5) is 5.13 Å². The van der Waals surface area contributed by atoms with Gasteiger partial charge in [0.1, 0.15) is 0 Å².